The lowest BCUT2D eigenvalue weighted by Crippen LogP contribution is -2.20. The minimum absolute atomic E-state index is 0.292. The second kappa shape index (κ2) is 11.4. The molecular formula is C28H23N3O5. The van der Waals surface area contributed by atoms with Gasteiger partial charge in [-0.05, 0) is 66.7 Å². The van der Waals surface area contributed by atoms with Crippen LogP contribution in [0.4, 0.5) is 11.4 Å². The van der Waals surface area contributed by atoms with Crippen LogP contribution in [-0.4, -0.2) is 36.5 Å². The maximum absolute atomic E-state index is 12.4. The Balaban J connectivity index is 1.24. The molecule has 8 heteroatoms. The van der Waals surface area contributed by atoms with E-state index in [0.29, 0.717) is 28.4 Å². The SMILES string of the molecule is COc1ccc(NC(=O)c2ccc(NC(=O)COC(=O)/C=C/c3ccc4ccccc4n3)cc2)cc1. The van der Waals surface area contributed by atoms with Crippen molar-refractivity contribution in [2.24, 2.45) is 0 Å². The number of fused-ring (bicyclic) bond motifs is 1. The van der Waals surface area contributed by atoms with Crippen LogP contribution in [0.2, 0.25) is 0 Å². The number of carbonyl (C=O) groups is 3. The molecule has 0 radical (unpaired) electrons. The van der Waals surface area contributed by atoms with Crippen LogP contribution in [0.5, 0.6) is 5.75 Å². The third kappa shape index (κ3) is 6.54. The van der Waals surface area contributed by atoms with Gasteiger partial charge in [-0.2, -0.15) is 0 Å². The highest BCUT2D eigenvalue weighted by Gasteiger charge is 2.09. The highest BCUT2D eigenvalue weighted by Crippen LogP contribution is 2.17. The summed E-state index contributed by atoms with van der Waals surface area (Å²) >= 11 is 0. The molecule has 8 nitrogen and oxygen atoms in total. The molecule has 0 unspecified atom stereocenters. The number of carbonyl (C=O) groups excluding carboxylic acids is 3. The number of benzene rings is 3. The summed E-state index contributed by atoms with van der Waals surface area (Å²) in [5.74, 6) is -0.766. The van der Waals surface area contributed by atoms with E-state index >= 15 is 0 Å². The second-order valence-electron chi connectivity index (χ2n) is 7.68. The molecule has 0 atom stereocenters. The summed E-state index contributed by atoms with van der Waals surface area (Å²) in [4.78, 5) is 41.0. The predicted molar refractivity (Wildman–Crippen MR) is 138 cm³/mol. The number of esters is 1. The summed E-state index contributed by atoms with van der Waals surface area (Å²) in [6, 6.07) is 24.7. The lowest BCUT2D eigenvalue weighted by molar-refractivity contribution is -0.142. The maximum Gasteiger partial charge on any atom is 0.331 e. The molecule has 36 heavy (non-hydrogen) atoms. The molecule has 0 aliphatic rings. The highest BCUT2D eigenvalue weighted by atomic mass is 16.5. The van der Waals surface area contributed by atoms with Crippen LogP contribution in [0.15, 0.2) is 91.0 Å². The van der Waals surface area contributed by atoms with Crippen molar-refractivity contribution in [3.63, 3.8) is 0 Å². The Hall–Kier alpha value is -4.98. The predicted octanol–water partition coefficient (Wildman–Crippen LogP) is 4.69. The fourth-order valence-electron chi connectivity index (χ4n) is 3.29. The number of para-hydroxylation sites is 1. The first-order chi connectivity index (χ1) is 17.5. The summed E-state index contributed by atoms with van der Waals surface area (Å²) in [6.07, 6.45) is 2.75. The second-order valence-corrected chi connectivity index (χ2v) is 7.68. The van der Waals surface area contributed by atoms with Gasteiger partial charge in [0.05, 0.1) is 18.3 Å². The topological polar surface area (TPSA) is 107 Å². The molecule has 0 saturated carbocycles. The zero-order valence-corrected chi connectivity index (χ0v) is 19.4. The standard InChI is InChI=1S/C28H23N3O5/c1-35-24-15-12-23(13-16-24)31-28(34)20-7-10-22(11-8-20)30-26(32)18-36-27(33)17-14-21-9-6-19-4-2-3-5-25(19)29-21/h2-17H,18H2,1H3,(H,30,32)(H,31,34)/b17-14+. The fraction of sp³-hybridized carbons (Fsp3) is 0.0714. The van der Waals surface area contributed by atoms with Crippen LogP contribution in [-0.2, 0) is 14.3 Å². The molecule has 0 aliphatic heterocycles. The Morgan fingerprint density at radius 2 is 1.53 bits per heavy atom. The van der Waals surface area contributed by atoms with Gasteiger partial charge in [-0.25, -0.2) is 9.78 Å². The van der Waals surface area contributed by atoms with Gasteiger partial charge < -0.3 is 20.1 Å². The first kappa shape index (κ1) is 24.2. The van der Waals surface area contributed by atoms with E-state index in [2.05, 4.69) is 15.6 Å². The lowest BCUT2D eigenvalue weighted by Gasteiger charge is -2.08. The average Bonchev–Trinajstić information content (AvgIpc) is 2.91. The normalized spacial score (nSPS) is 10.7. The summed E-state index contributed by atoms with van der Waals surface area (Å²) in [5.41, 5.74) is 2.93. The minimum atomic E-state index is -0.661. The molecular weight excluding hydrogens is 458 g/mol. The van der Waals surface area contributed by atoms with E-state index < -0.39 is 18.5 Å². The Labute approximate surface area is 207 Å². The summed E-state index contributed by atoms with van der Waals surface area (Å²) in [6.45, 7) is -0.450. The molecule has 0 bridgehead atoms. The van der Waals surface area contributed by atoms with E-state index in [1.807, 2.05) is 30.3 Å². The number of rotatable bonds is 8. The van der Waals surface area contributed by atoms with Crippen LogP contribution < -0.4 is 15.4 Å². The van der Waals surface area contributed by atoms with E-state index in [4.69, 9.17) is 9.47 Å². The Kier molecular flexibility index (Phi) is 7.67. The molecule has 0 aliphatic carbocycles. The number of anilines is 2. The molecule has 0 saturated heterocycles. The number of amides is 2. The minimum Gasteiger partial charge on any atom is -0.497 e. The summed E-state index contributed by atoms with van der Waals surface area (Å²) < 4.78 is 10.1. The Morgan fingerprint density at radius 1 is 0.833 bits per heavy atom. The van der Waals surface area contributed by atoms with Crippen molar-refractivity contribution in [2.75, 3.05) is 24.4 Å². The van der Waals surface area contributed by atoms with E-state index in [9.17, 15) is 14.4 Å². The number of pyridine rings is 1. The van der Waals surface area contributed by atoms with Crippen molar-refractivity contribution >= 4 is 46.1 Å². The smallest absolute Gasteiger partial charge is 0.331 e. The van der Waals surface area contributed by atoms with Gasteiger partial charge in [-0.1, -0.05) is 24.3 Å². The molecule has 180 valence electrons. The van der Waals surface area contributed by atoms with E-state index in [-0.39, 0.29) is 5.91 Å². The molecule has 1 heterocycles. The maximum atomic E-state index is 12.4. The highest BCUT2D eigenvalue weighted by molar-refractivity contribution is 6.04. The van der Waals surface area contributed by atoms with Gasteiger partial charge in [0, 0.05) is 28.4 Å². The number of nitrogens with one attached hydrogen (secondary N) is 2. The molecule has 2 amide bonds. The van der Waals surface area contributed by atoms with Crippen LogP contribution in [0.1, 0.15) is 16.1 Å². The largest absolute Gasteiger partial charge is 0.497 e. The van der Waals surface area contributed by atoms with Crippen LogP contribution >= 0.6 is 0 Å². The molecule has 0 fully saturated rings. The van der Waals surface area contributed by atoms with Gasteiger partial charge in [-0.15, -0.1) is 0 Å². The first-order valence-electron chi connectivity index (χ1n) is 11.1. The number of methoxy groups -OCH3 is 1. The van der Waals surface area contributed by atoms with E-state index in [1.165, 1.54) is 12.2 Å². The number of nitrogens with zero attached hydrogens (tertiary/aromatic N) is 1. The summed E-state index contributed by atoms with van der Waals surface area (Å²) in [5, 5.41) is 6.41. The van der Waals surface area contributed by atoms with Crippen molar-refractivity contribution in [3.8, 4) is 5.75 Å². The van der Waals surface area contributed by atoms with Gasteiger partial charge in [0.25, 0.3) is 11.8 Å². The van der Waals surface area contributed by atoms with Crippen LogP contribution in [0.3, 0.4) is 0 Å². The van der Waals surface area contributed by atoms with Gasteiger partial charge in [0.15, 0.2) is 6.61 Å². The Bertz CT molecular complexity index is 1410. The van der Waals surface area contributed by atoms with Crippen molar-refractivity contribution < 1.29 is 23.9 Å². The van der Waals surface area contributed by atoms with Crippen molar-refractivity contribution in [3.05, 3.63) is 102 Å². The zero-order valence-electron chi connectivity index (χ0n) is 19.4. The van der Waals surface area contributed by atoms with Crippen molar-refractivity contribution in [1.82, 2.24) is 4.98 Å². The number of hydrogen-bond acceptors (Lipinski definition) is 6. The third-order valence-electron chi connectivity index (χ3n) is 5.13. The van der Waals surface area contributed by atoms with Gasteiger partial charge in [0.1, 0.15) is 5.75 Å². The van der Waals surface area contributed by atoms with Crippen LogP contribution in [0, 0.1) is 0 Å². The van der Waals surface area contributed by atoms with Gasteiger partial charge in [-0.3, -0.25) is 9.59 Å². The molecule has 0 spiro atoms. The third-order valence-corrected chi connectivity index (χ3v) is 5.13. The van der Waals surface area contributed by atoms with Gasteiger partial charge in [0.2, 0.25) is 0 Å². The number of ether oxygens (including phenoxy) is 2. The fourth-order valence-corrected chi connectivity index (χ4v) is 3.29. The van der Waals surface area contributed by atoms with Gasteiger partial charge >= 0.3 is 5.97 Å². The molecule has 4 rings (SSSR count). The molecule has 4 aromatic rings. The Morgan fingerprint density at radius 3 is 2.28 bits per heavy atom. The van der Waals surface area contributed by atoms with Crippen molar-refractivity contribution in [2.45, 2.75) is 0 Å². The average molecular weight is 482 g/mol. The molecule has 1 aromatic heterocycles. The van der Waals surface area contributed by atoms with E-state index in [0.717, 1.165) is 10.9 Å². The molecule has 3 aromatic carbocycles. The molecule has 2 N–H and O–H groups in total. The zero-order chi connectivity index (χ0) is 25.3. The number of hydrogen-bond donors (Lipinski definition) is 2. The summed E-state index contributed by atoms with van der Waals surface area (Å²) in [7, 11) is 1.57. The van der Waals surface area contributed by atoms with Crippen LogP contribution in [0.25, 0.3) is 17.0 Å². The van der Waals surface area contributed by atoms with Crippen molar-refractivity contribution in [1.29, 1.82) is 0 Å². The number of aromatic nitrogens is 1. The van der Waals surface area contributed by atoms with E-state index in [1.54, 1.807) is 61.7 Å². The first-order valence-corrected chi connectivity index (χ1v) is 11.1. The lowest BCUT2D eigenvalue weighted by atomic mass is 10.2. The quantitative estimate of drug-likeness (QED) is 0.279. The monoisotopic (exact) mass is 481 g/mol.